The first kappa shape index (κ1) is 13.9. The number of anilines is 1. The van der Waals surface area contributed by atoms with Crippen molar-refractivity contribution in [2.75, 3.05) is 18.0 Å². The first-order valence-corrected chi connectivity index (χ1v) is 8.58. The van der Waals surface area contributed by atoms with Crippen LogP contribution in [0.15, 0.2) is 29.2 Å². The Morgan fingerprint density at radius 3 is 2.45 bits per heavy atom. The van der Waals surface area contributed by atoms with Gasteiger partial charge >= 0.3 is 0 Å². The molecule has 0 amide bonds. The molecule has 5 nitrogen and oxygen atoms in total. The Morgan fingerprint density at radius 1 is 1.15 bits per heavy atom. The van der Waals surface area contributed by atoms with Crippen molar-refractivity contribution in [3.63, 3.8) is 0 Å². The van der Waals surface area contributed by atoms with E-state index in [-0.39, 0.29) is 12.1 Å². The van der Waals surface area contributed by atoms with Crippen LogP contribution in [0.2, 0.25) is 0 Å². The van der Waals surface area contributed by atoms with Crippen molar-refractivity contribution in [1.29, 1.82) is 0 Å². The van der Waals surface area contributed by atoms with Gasteiger partial charge in [0.25, 0.3) is 0 Å². The largest absolute Gasteiger partial charge is 0.391 e. The lowest BCUT2D eigenvalue weighted by Crippen LogP contribution is -2.38. The number of sulfonamides is 1. The Balaban J connectivity index is 1.73. The van der Waals surface area contributed by atoms with Gasteiger partial charge in [-0.15, -0.1) is 0 Å². The number of hydrogen-bond acceptors (Lipinski definition) is 4. The minimum absolute atomic E-state index is 0.122. The zero-order valence-electron chi connectivity index (χ0n) is 11.3. The Labute approximate surface area is 119 Å². The summed E-state index contributed by atoms with van der Waals surface area (Å²) in [6.45, 7) is 1.52. The van der Waals surface area contributed by atoms with Crippen LogP contribution in [0.5, 0.6) is 0 Å². The normalized spacial score (nSPS) is 23.9. The predicted octanol–water partition coefficient (Wildman–Crippen LogP) is 1.09. The second kappa shape index (κ2) is 5.35. The van der Waals surface area contributed by atoms with Gasteiger partial charge in [0.15, 0.2) is 0 Å². The minimum atomic E-state index is -3.37. The monoisotopic (exact) mass is 296 g/mol. The standard InChI is InChI=1S/C14H20N2O3S/c17-13-2-1-9-16(10-13)12-5-7-14(8-6-12)20(18,19)15-11-3-4-11/h5-8,11,13,15,17H,1-4,9-10H2/t13-/m0/s1. The van der Waals surface area contributed by atoms with Crippen molar-refractivity contribution in [3.8, 4) is 0 Å². The molecule has 2 N–H and O–H groups in total. The third-order valence-electron chi connectivity index (χ3n) is 3.81. The number of β-amino-alcohol motifs (C(OH)–C–C–N with tert-alkyl or cyclic N) is 1. The second-order valence-corrected chi connectivity index (χ2v) is 7.35. The Kier molecular flexibility index (Phi) is 3.70. The molecule has 1 heterocycles. The van der Waals surface area contributed by atoms with Crippen LogP contribution in [-0.4, -0.2) is 38.8 Å². The van der Waals surface area contributed by atoms with E-state index in [4.69, 9.17) is 0 Å². The fourth-order valence-corrected chi connectivity index (χ4v) is 3.82. The summed E-state index contributed by atoms with van der Waals surface area (Å²) in [6, 6.07) is 7.04. The molecule has 2 fully saturated rings. The van der Waals surface area contributed by atoms with Crippen molar-refractivity contribution >= 4 is 15.7 Å². The van der Waals surface area contributed by atoms with Crippen LogP contribution in [0.3, 0.4) is 0 Å². The highest BCUT2D eigenvalue weighted by molar-refractivity contribution is 7.89. The van der Waals surface area contributed by atoms with E-state index in [1.54, 1.807) is 12.1 Å². The Bertz CT molecular complexity index is 567. The fourth-order valence-electron chi connectivity index (χ4n) is 2.51. The van der Waals surface area contributed by atoms with Crippen LogP contribution < -0.4 is 9.62 Å². The molecule has 1 aromatic rings. The number of aliphatic hydroxyl groups is 1. The molecule has 2 aliphatic rings. The van der Waals surface area contributed by atoms with Crippen LogP contribution in [0.1, 0.15) is 25.7 Å². The first-order chi connectivity index (χ1) is 9.54. The van der Waals surface area contributed by atoms with Gasteiger partial charge in [-0.25, -0.2) is 13.1 Å². The quantitative estimate of drug-likeness (QED) is 0.872. The summed E-state index contributed by atoms with van der Waals surface area (Å²) in [5.74, 6) is 0. The number of nitrogens with one attached hydrogen (secondary N) is 1. The molecule has 0 bridgehead atoms. The zero-order valence-corrected chi connectivity index (χ0v) is 12.1. The molecule has 1 aromatic carbocycles. The molecular weight excluding hydrogens is 276 g/mol. The molecule has 20 heavy (non-hydrogen) atoms. The molecule has 0 aromatic heterocycles. The molecule has 0 unspecified atom stereocenters. The lowest BCUT2D eigenvalue weighted by Gasteiger charge is -2.32. The highest BCUT2D eigenvalue weighted by Crippen LogP contribution is 2.24. The van der Waals surface area contributed by atoms with E-state index < -0.39 is 10.0 Å². The lowest BCUT2D eigenvalue weighted by molar-refractivity contribution is 0.154. The molecular formula is C14H20N2O3S. The molecule has 110 valence electrons. The van der Waals surface area contributed by atoms with Crippen molar-refractivity contribution in [1.82, 2.24) is 4.72 Å². The molecule has 1 aliphatic heterocycles. The van der Waals surface area contributed by atoms with Crippen molar-refractivity contribution in [3.05, 3.63) is 24.3 Å². The second-order valence-electron chi connectivity index (χ2n) is 5.63. The molecule has 0 spiro atoms. The number of aliphatic hydroxyl groups excluding tert-OH is 1. The van der Waals surface area contributed by atoms with E-state index in [9.17, 15) is 13.5 Å². The molecule has 6 heteroatoms. The molecule has 1 atom stereocenters. The third-order valence-corrected chi connectivity index (χ3v) is 5.34. The average molecular weight is 296 g/mol. The maximum Gasteiger partial charge on any atom is 0.240 e. The Morgan fingerprint density at radius 2 is 1.85 bits per heavy atom. The number of rotatable bonds is 4. The van der Waals surface area contributed by atoms with Crippen LogP contribution in [0.25, 0.3) is 0 Å². The van der Waals surface area contributed by atoms with Crippen molar-refractivity contribution < 1.29 is 13.5 Å². The summed E-state index contributed by atoms with van der Waals surface area (Å²) in [5.41, 5.74) is 0.967. The van der Waals surface area contributed by atoms with Gasteiger partial charge < -0.3 is 10.0 Å². The summed E-state index contributed by atoms with van der Waals surface area (Å²) in [5, 5.41) is 9.68. The van der Waals surface area contributed by atoms with Gasteiger partial charge in [0.1, 0.15) is 0 Å². The minimum Gasteiger partial charge on any atom is -0.391 e. The maximum atomic E-state index is 12.1. The molecule has 3 rings (SSSR count). The summed E-state index contributed by atoms with van der Waals surface area (Å²) in [6.07, 6.45) is 3.38. The van der Waals surface area contributed by atoms with Crippen molar-refractivity contribution in [2.24, 2.45) is 0 Å². The topological polar surface area (TPSA) is 69.6 Å². The molecule has 1 aliphatic carbocycles. The van der Waals surface area contributed by atoms with E-state index in [2.05, 4.69) is 9.62 Å². The third kappa shape index (κ3) is 3.13. The smallest absolute Gasteiger partial charge is 0.240 e. The van der Waals surface area contributed by atoms with Gasteiger partial charge in [-0.3, -0.25) is 0 Å². The van der Waals surface area contributed by atoms with E-state index in [1.165, 1.54) is 0 Å². The van der Waals surface area contributed by atoms with Crippen LogP contribution >= 0.6 is 0 Å². The first-order valence-electron chi connectivity index (χ1n) is 7.10. The molecule has 1 saturated carbocycles. The highest BCUT2D eigenvalue weighted by Gasteiger charge is 2.28. The predicted molar refractivity (Wildman–Crippen MR) is 77.2 cm³/mol. The number of hydrogen-bond donors (Lipinski definition) is 2. The van der Waals surface area contributed by atoms with Gasteiger partial charge in [0.05, 0.1) is 11.0 Å². The van der Waals surface area contributed by atoms with E-state index in [0.29, 0.717) is 11.4 Å². The van der Waals surface area contributed by atoms with E-state index in [0.717, 1.165) is 37.9 Å². The highest BCUT2D eigenvalue weighted by atomic mass is 32.2. The van der Waals surface area contributed by atoms with Gasteiger partial charge in [0.2, 0.25) is 10.0 Å². The molecule has 1 saturated heterocycles. The lowest BCUT2D eigenvalue weighted by atomic mass is 10.1. The van der Waals surface area contributed by atoms with Gasteiger partial charge in [-0.1, -0.05) is 0 Å². The van der Waals surface area contributed by atoms with E-state index >= 15 is 0 Å². The van der Waals surface area contributed by atoms with Crippen LogP contribution in [0, 0.1) is 0 Å². The van der Waals surface area contributed by atoms with Gasteiger partial charge in [0, 0.05) is 24.8 Å². The zero-order chi connectivity index (χ0) is 14.2. The van der Waals surface area contributed by atoms with E-state index in [1.807, 2.05) is 12.1 Å². The number of benzene rings is 1. The summed E-state index contributed by atoms with van der Waals surface area (Å²) in [7, 11) is -3.37. The SMILES string of the molecule is O=S(=O)(NC1CC1)c1ccc(N2CCC[C@H](O)C2)cc1. The number of piperidine rings is 1. The van der Waals surface area contributed by atoms with Crippen LogP contribution in [-0.2, 0) is 10.0 Å². The maximum absolute atomic E-state index is 12.1. The summed E-state index contributed by atoms with van der Waals surface area (Å²) >= 11 is 0. The summed E-state index contributed by atoms with van der Waals surface area (Å²) < 4.78 is 26.8. The van der Waals surface area contributed by atoms with Crippen molar-refractivity contribution in [2.45, 2.75) is 42.7 Å². The fraction of sp³-hybridized carbons (Fsp3) is 0.571. The Hall–Kier alpha value is -1.11. The average Bonchev–Trinajstić information content (AvgIpc) is 3.22. The van der Waals surface area contributed by atoms with Gasteiger partial charge in [-0.2, -0.15) is 0 Å². The summed E-state index contributed by atoms with van der Waals surface area (Å²) in [4.78, 5) is 2.41. The van der Waals surface area contributed by atoms with Gasteiger partial charge in [-0.05, 0) is 49.9 Å². The number of nitrogens with zero attached hydrogens (tertiary/aromatic N) is 1. The van der Waals surface area contributed by atoms with Crippen LogP contribution in [0.4, 0.5) is 5.69 Å². The molecule has 0 radical (unpaired) electrons.